The summed E-state index contributed by atoms with van der Waals surface area (Å²) in [7, 11) is -3.72. The molecule has 0 rings (SSSR count). The number of hydrogen-bond donors (Lipinski definition) is 0. The Balaban J connectivity index is 0. The van der Waals surface area contributed by atoms with Crippen LogP contribution in [0.4, 0.5) is 4.20 Å². The summed E-state index contributed by atoms with van der Waals surface area (Å²) in [5, 5.41) is 0. The van der Waals surface area contributed by atoms with Gasteiger partial charge in [-0.2, -0.15) is 4.20 Å². The van der Waals surface area contributed by atoms with Gasteiger partial charge in [0.2, 0.25) is 0 Å². The van der Waals surface area contributed by atoms with Gasteiger partial charge in [-0.3, -0.25) is 4.57 Å². The zero-order chi connectivity index (χ0) is 6.78. The quantitative estimate of drug-likeness (QED) is 0.498. The molecule has 0 saturated carbocycles. The Morgan fingerprint density at radius 1 is 1.56 bits per heavy atom. The van der Waals surface area contributed by atoms with Gasteiger partial charge < -0.3 is 4.52 Å². The van der Waals surface area contributed by atoms with Crippen molar-refractivity contribution < 1.29 is 30.4 Å². The second kappa shape index (κ2) is 4.45. The first-order valence-corrected chi connectivity index (χ1v) is 4.33. The number of rotatable bonds is 2. The molecule has 0 aliphatic carbocycles. The Labute approximate surface area is 65.2 Å². The molecule has 9 heavy (non-hydrogen) atoms. The topological polar surface area (TPSA) is 26.3 Å². The van der Waals surface area contributed by atoms with Gasteiger partial charge >= 0.3 is 7.68 Å². The van der Waals surface area contributed by atoms with Gasteiger partial charge in [-0.1, -0.05) is 0 Å². The largest absolute Gasteiger partial charge is 0.364 e. The average Bonchev–Trinajstić information content (AvgIpc) is 1.21. The maximum absolute atomic E-state index is 12.0. The molecule has 1 radical (unpaired) electrons. The maximum Gasteiger partial charge on any atom is 0.364 e. The van der Waals surface area contributed by atoms with Crippen molar-refractivity contribution in [2.45, 2.75) is 20.0 Å². The molecule has 0 saturated heterocycles. The van der Waals surface area contributed by atoms with Crippen molar-refractivity contribution in [3.8, 4) is 0 Å². The van der Waals surface area contributed by atoms with Crippen LogP contribution in [0.1, 0.15) is 13.8 Å². The molecule has 0 aliphatic rings. The molecule has 5 heteroatoms. The van der Waals surface area contributed by atoms with Crippen molar-refractivity contribution in [2.75, 3.05) is 6.66 Å². The smallest absolute Gasteiger partial charge is 0.303 e. The molecule has 1 unspecified atom stereocenters. The minimum absolute atomic E-state index is 0. The minimum atomic E-state index is -3.72. The van der Waals surface area contributed by atoms with Crippen LogP contribution in [0, 0.1) is 0 Å². The molecule has 0 spiro atoms. The van der Waals surface area contributed by atoms with E-state index < -0.39 is 7.68 Å². The summed E-state index contributed by atoms with van der Waals surface area (Å²) in [5.41, 5.74) is 0. The van der Waals surface area contributed by atoms with Gasteiger partial charge in [0.15, 0.2) is 0 Å². The van der Waals surface area contributed by atoms with E-state index in [9.17, 15) is 8.76 Å². The molecule has 0 N–H and O–H groups in total. The summed E-state index contributed by atoms with van der Waals surface area (Å²) >= 11 is 0. The molecule has 0 aliphatic heterocycles. The van der Waals surface area contributed by atoms with Crippen molar-refractivity contribution in [1.29, 1.82) is 0 Å². The van der Waals surface area contributed by atoms with Gasteiger partial charge in [0, 0.05) is 23.7 Å². The zero-order valence-electron chi connectivity index (χ0n) is 5.60. The zero-order valence-corrected chi connectivity index (χ0v) is 7.67. The Morgan fingerprint density at radius 3 is 1.89 bits per heavy atom. The summed E-state index contributed by atoms with van der Waals surface area (Å²) in [6.45, 7) is 4.22. The predicted molar refractivity (Wildman–Crippen MR) is 30.9 cm³/mol. The van der Waals surface area contributed by atoms with Gasteiger partial charge in [-0.25, -0.2) is 0 Å². The molecule has 0 bridgehead atoms. The van der Waals surface area contributed by atoms with E-state index in [1.807, 2.05) is 0 Å². The average molecular weight is 195 g/mol. The van der Waals surface area contributed by atoms with E-state index in [0.29, 0.717) is 0 Å². The van der Waals surface area contributed by atoms with Crippen molar-refractivity contribution in [1.82, 2.24) is 0 Å². The van der Waals surface area contributed by atoms with Crippen LogP contribution >= 0.6 is 7.68 Å². The fourth-order valence-corrected chi connectivity index (χ4v) is 1.13. The van der Waals surface area contributed by atoms with E-state index in [1.165, 1.54) is 0 Å². The van der Waals surface area contributed by atoms with E-state index in [-0.39, 0.29) is 23.2 Å². The molecule has 0 aromatic heterocycles. The summed E-state index contributed by atoms with van der Waals surface area (Å²) < 4.78 is 26.4. The molecule has 0 aromatic carbocycles. The van der Waals surface area contributed by atoms with Crippen LogP contribution in [0.5, 0.6) is 0 Å². The van der Waals surface area contributed by atoms with Crippen molar-refractivity contribution in [3.05, 3.63) is 0 Å². The normalized spacial score (nSPS) is 16.6. The molecule has 0 heterocycles. The monoisotopic (exact) mass is 195 g/mol. The molecular weight excluding hydrogens is 185 g/mol. The molecule has 0 aromatic rings. The van der Waals surface area contributed by atoms with Crippen molar-refractivity contribution in [3.63, 3.8) is 0 Å². The van der Waals surface area contributed by atoms with Gasteiger partial charge in [0.25, 0.3) is 0 Å². The van der Waals surface area contributed by atoms with Crippen molar-refractivity contribution >= 4 is 7.68 Å². The van der Waals surface area contributed by atoms with Gasteiger partial charge in [0.1, 0.15) is 0 Å². The van der Waals surface area contributed by atoms with E-state index >= 15 is 0 Å². The van der Waals surface area contributed by atoms with Gasteiger partial charge in [-0.05, 0) is 13.8 Å². The first-order chi connectivity index (χ1) is 3.42. The van der Waals surface area contributed by atoms with Crippen LogP contribution in [0.25, 0.3) is 0 Å². The molecule has 2 nitrogen and oxygen atoms in total. The third kappa shape index (κ3) is 12.0. The standard InChI is InChI=1S/C4H10FO2P.Mn/c1-4(2)7-8(3,5)6;/h4H,1-3H3;. The first kappa shape index (κ1) is 12.3. The summed E-state index contributed by atoms with van der Waals surface area (Å²) in [5.74, 6) is 0. The Hall–Kier alpha value is 0.639. The SMILES string of the molecule is CC(C)OP(C)(=O)F.[Mn]. The van der Waals surface area contributed by atoms with E-state index in [0.717, 1.165) is 6.66 Å². The van der Waals surface area contributed by atoms with Crippen LogP contribution in [-0.4, -0.2) is 12.8 Å². The van der Waals surface area contributed by atoms with Crippen LogP contribution in [0.15, 0.2) is 0 Å². The second-order valence-electron chi connectivity index (χ2n) is 1.90. The van der Waals surface area contributed by atoms with E-state index in [1.54, 1.807) is 13.8 Å². The molecular formula is C4H10FMnO2P. The van der Waals surface area contributed by atoms with E-state index in [2.05, 4.69) is 4.52 Å². The number of hydrogen-bond acceptors (Lipinski definition) is 2. The number of halogens is 1. The Bertz CT molecular complexity index is 111. The fraction of sp³-hybridized carbons (Fsp3) is 1.00. The van der Waals surface area contributed by atoms with Crippen LogP contribution in [-0.2, 0) is 26.2 Å². The Kier molecular flexibility index (Phi) is 6.10. The van der Waals surface area contributed by atoms with Crippen LogP contribution < -0.4 is 0 Å². The summed E-state index contributed by atoms with van der Waals surface area (Å²) in [6, 6.07) is 0. The van der Waals surface area contributed by atoms with E-state index in [4.69, 9.17) is 0 Å². The summed E-state index contributed by atoms with van der Waals surface area (Å²) in [6.07, 6.45) is -0.296. The molecule has 0 fully saturated rings. The van der Waals surface area contributed by atoms with Crippen LogP contribution in [0.2, 0.25) is 0 Å². The summed E-state index contributed by atoms with van der Waals surface area (Å²) in [4.78, 5) is 0. The van der Waals surface area contributed by atoms with Crippen molar-refractivity contribution in [2.24, 2.45) is 0 Å². The third-order valence-electron chi connectivity index (χ3n) is 0.399. The Morgan fingerprint density at radius 2 is 1.89 bits per heavy atom. The first-order valence-electron chi connectivity index (χ1n) is 2.37. The van der Waals surface area contributed by atoms with Gasteiger partial charge in [-0.15, -0.1) is 0 Å². The molecule has 57 valence electrons. The molecule has 0 amide bonds. The fourth-order valence-electron chi connectivity index (χ4n) is 0.377. The van der Waals surface area contributed by atoms with Crippen LogP contribution in [0.3, 0.4) is 0 Å². The predicted octanol–water partition coefficient (Wildman–Crippen LogP) is 2.20. The maximum atomic E-state index is 12.0. The van der Waals surface area contributed by atoms with Gasteiger partial charge in [0.05, 0.1) is 6.10 Å². The minimum Gasteiger partial charge on any atom is -0.303 e. The molecule has 1 atom stereocenters. The third-order valence-corrected chi connectivity index (χ3v) is 1.20. The second-order valence-corrected chi connectivity index (χ2v) is 3.61.